The fourth-order valence-electron chi connectivity index (χ4n) is 2.74. The van der Waals surface area contributed by atoms with Gasteiger partial charge in [-0.05, 0) is 19.8 Å². The molecule has 1 atom stereocenters. The number of aromatic nitrogens is 2. The highest BCUT2D eigenvalue weighted by molar-refractivity contribution is 14.1. The second kappa shape index (κ2) is 9.00. The SMILES string of the molecule is CCCCCCCC(C)(CCCC)n1cc(F)nc1I. The summed E-state index contributed by atoms with van der Waals surface area (Å²) in [5.74, 6) is -0.358. The molecule has 0 N–H and O–H groups in total. The zero-order valence-corrected chi connectivity index (χ0v) is 15.2. The van der Waals surface area contributed by atoms with Gasteiger partial charge in [0.2, 0.25) is 5.95 Å². The van der Waals surface area contributed by atoms with Crippen LogP contribution in [0.1, 0.15) is 78.6 Å². The second-order valence-corrected chi connectivity index (χ2v) is 6.93. The number of rotatable bonds is 10. The fraction of sp³-hybridized carbons (Fsp3) is 0.812. The Morgan fingerprint density at radius 2 is 1.70 bits per heavy atom. The number of halogens is 2. The first kappa shape index (κ1) is 17.9. The van der Waals surface area contributed by atoms with Gasteiger partial charge in [-0.15, -0.1) is 0 Å². The van der Waals surface area contributed by atoms with Crippen molar-refractivity contribution in [3.63, 3.8) is 0 Å². The van der Waals surface area contributed by atoms with Crippen LogP contribution in [-0.2, 0) is 5.54 Å². The summed E-state index contributed by atoms with van der Waals surface area (Å²) in [6.45, 7) is 6.70. The molecule has 1 heterocycles. The van der Waals surface area contributed by atoms with E-state index in [0.717, 1.165) is 16.7 Å². The molecule has 1 unspecified atom stereocenters. The third-order valence-electron chi connectivity index (χ3n) is 4.10. The first-order chi connectivity index (χ1) is 9.53. The quantitative estimate of drug-likeness (QED) is 0.357. The maximum Gasteiger partial charge on any atom is 0.231 e. The van der Waals surface area contributed by atoms with Gasteiger partial charge in [-0.25, -0.2) is 0 Å². The van der Waals surface area contributed by atoms with Crippen LogP contribution in [-0.4, -0.2) is 9.55 Å². The summed E-state index contributed by atoms with van der Waals surface area (Å²) >= 11 is 2.14. The molecule has 0 amide bonds. The van der Waals surface area contributed by atoms with Crippen molar-refractivity contribution in [2.24, 2.45) is 0 Å². The van der Waals surface area contributed by atoms with E-state index in [0.29, 0.717) is 0 Å². The van der Waals surface area contributed by atoms with Gasteiger partial charge in [0, 0.05) is 28.1 Å². The van der Waals surface area contributed by atoms with E-state index in [1.807, 2.05) is 0 Å². The van der Waals surface area contributed by atoms with Gasteiger partial charge in [0.1, 0.15) is 0 Å². The Balaban J connectivity index is 2.68. The molecule has 116 valence electrons. The topological polar surface area (TPSA) is 17.8 Å². The molecule has 0 aliphatic rings. The maximum atomic E-state index is 13.4. The van der Waals surface area contributed by atoms with Gasteiger partial charge in [0.25, 0.3) is 0 Å². The minimum absolute atomic E-state index is 0.0100. The van der Waals surface area contributed by atoms with E-state index >= 15 is 0 Å². The van der Waals surface area contributed by atoms with Gasteiger partial charge in [-0.1, -0.05) is 58.8 Å². The summed E-state index contributed by atoms with van der Waals surface area (Å²) < 4.78 is 16.2. The van der Waals surface area contributed by atoms with Gasteiger partial charge in [0.15, 0.2) is 3.83 Å². The highest BCUT2D eigenvalue weighted by atomic mass is 127. The van der Waals surface area contributed by atoms with Crippen molar-refractivity contribution in [3.8, 4) is 0 Å². The lowest BCUT2D eigenvalue weighted by Gasteiger charge is -2.32. The Bertz CT molecular complexity index is 392. The molecule has 0 radical (unpaired) electrons. The maximum absolute atomic E-state index is 13.4. The Hall–Kier alpha value is -0.130. The number of hydrogen-bond acceptors (Lipinski definition) is 1. The molecular weight excluding hydrogens is 366 g/mol. The Labute approximate surface area is 136 Å². The van der Waals surface area contributed by atoms with Crippen LogP contribution in [0.25, 0.3) is 0 Å². The number of imidazole rings is 1. The lowest BCUT2D eigenvalue weighted by Crippen LogP contribution is -2.30. The van der Waals surface area contributed by atoms with E-state index in [9.17, 15) is 4.39 Å². The lowest BCUT2D eigenvalue weighted by molar-refractivity contribution is 0.247. The van der Waals surface area contributed by atoms with Crippen LogP contribution in [0.15, 0.2) is 6.20 Å². The number of nitrogens with zero attached hydrogens (tertiary/aromatic N) is 2. The minimum Gasteiger partial charge on any atom is -0.317 e. The van der Waals surface area contributed by atoms with Crippen molar-refractivity contribution < 1.29 is 4.39 Å². The molecule has 0 aliphatic carbocycles. The third kappa shape index (κ3) is 5.34. The normalized spacial score (nSPS) is 14.4. The average Bonchev–Trinajstić information content (AvgIpc) is 2.76. The summed E-state index contributed by atoms with van der Waals surface area (Å²) in [6, 6.07) is 0. The molecule has 0 bridgehead atoms. The fourth-order valence-corrected chi connectivity index (χ4v) is 3.69. The Morgan fingerprint density at radius 3 is 2.25 bits per heavy atom. The molecule has 4 heteroatoms. The van der Waals surface area contributed by atoms with Crippen molar-refractivity contribution in [2.45, 2.75) is 84.1 Å². The molecule has 0 saturated heterocycles. The van der Waals surface area contributed by atoms with Crippen molar-refractivity contribution in [1.82, 2.24) is 9.55 Å². The van der Waals surface area contributed by atoms with Crippen LogP contribution < -0.4 is 0 Å². The van der Waals surface area contributed by atoms with Crippen LogP contribution in [0.4, 0.5) is 4.39 Å². The largest absolute Gasteiger partial charge is 0.317 e. The summed E-state index contributed by atoms with van der Waals surface area (Å²) in [5.41, 5.74) is 0.0100. The van der Waals surface area contributed by atoms with E-state index in [2.05, 4.69) is 52.9 Å². The predicted molar refractivity (Wildman–Crippen MR) is 91.5 cm³/mol. The van der Waals surface area contributed by atoms with Crippen molar-refractivity contribution in [3.05, 3.63) is 16.0 Å². The Kier molecular flexibility index (Phi) is 8.07. The molecule has 20 heavy (non-hydrogen) atoms. The number of unbranched alkanes of at least 4 members (excludes halogenated alkanes) is 5. The molecule has 0 fully saturated rings. The molecular formula is C16H28FIN2. The smallest absolute Gasteiger partial charge is 0.231 e. The van der Waals surface area contributed by atoms with E-state index in [1.165, 1.54) is 44.9 Å². The van der Waals surface area contributed by atoms with Crippen molar-refractivity contribution in [2.75, 3.05) is 0 Å². The van der Waals surface area contributed by atoms with Gasteiger partial charge in [-0.3, -0.25) is 0 Å². The predicted octanol–water partition coefficient (Wildman–Crippen LogP) is 5.89. The van der Waals surface area contributed by atoms with E-state index in [-0.39, 0.29) is 11.5 Å². The van der Waals surface area contributed by atoms with Crippen LogP contribution in [0, 0.1) is 9.78 Å². The van der Waals surface area contributed by atoms with Gasteiger partial charge in [0.05, 0.1) is 6.20 Å². The molecule has 1 aromatic rings. The van der Waals surface area contributed by atoms with Crippen molar-refractivity contribution in [1.29, 1.82) is 0 Å². The molecule has 0 aromatic carbocycles. The highest BCUT2D eigenvalue weighted by Gasteiger charge is 2.27. The average molecular weight is 394 g/mol. The van der Waals surface area contributed by atoms with Gasteiger partial charge in [-0.2, -0.15) is 9.37 Å². The number of hydrogen-bond donors (Lipinski definition) is 0. The Morgan fingerprint density at radius 1 is 1.10 bits per heavy atom. The van der Waals surface area contributed by atoms with Gasteiger partial charge >= 0.3 is 0 Å². The van der Waals surface area contributed by atoms with E-state index in [4.69, 9.17) is 0 Å². The van der Waals surface area contributed by atoms with Crippen molar-refractivity contribution >= 4 is 22.6 Å². The first-order valence-electron chi connectivity index (χ1n) is 7.94. The summed E-state index contributed by atoms with van der Waals surface area (Å²) in [4.78, 5) is 3.93. The third-order valence-corrected chi connectivity index (χ3v) is 4.86. The zero-order valence-electron chi connectivity index (χ0n) is 13.1. The standard InChI is InChI=1S/C16H28FIN2/c1-4-6-8-9-10-12-16(3,11-7-5-2)20-13-14(17)19-15(20)18/h13H,4-12H2,1-3H3. The molecule has 0 spiro atoms. The molecule has 0 aliphatic heterocycles. The first-order valence-corrected chi connectivity index (χ1v) is 9.02. The van der Waals surface area contributed by atoms with Crippen LogP contribution >= 0.6 is 22.6 Å². The highest BCUT2D eigenvalue weighted by Crippen LogP contribution is 2.31. The lowest BCUT2D eigenvalue weighted by atomic mass is 9.88. The van der Waals surface area contributed by atoms with Gasteiger partial charge < -0.3 is 4.57 Å². The summed E-state index contributed by atoms with van der Waals surface area (Å²) in [6.07, 6.45) is 12.6. The van der Waals surface area contributed by atoms with E-state index < -0.39 is 0 Å². The minimum atomic E-state index is -0.358. The zero-order chi connectivity index (χ0) is 15.0. The molecule has 0 saturated carbocycles. The molecule has 2 nitrogen and oxygen atoms in total. The van der Waals surface area contributed by atoms with E-state index in [1.54, 1.807) is 6.20 Å². The van der Waals surface area contributed by atoms with Crippen LogP contribution in [0.2, 0.25) is 0 Å². The summed E-state index contributed by atoms with van der Waals surface area (Å²) in [5, 5.41) is 0. The second-order valence-electron chi connectivity index (χ2n) is 5.97. The molecule has 1 rings (SSSR count). The van der Waals surface area contributed by atoms with Crippen LogP contribution in [0.5, 0.6) is 0 Å². The monoisotopic (exact) mass is 394 g/mol. The van der Waals surface area contributed by atoms with Crippen LogP contribution in [0.3, 0.4) is 0 Å². The molecule has 1 aromatic heterocycles. The summed E-state index contributed by atoms with van der Waals surface area (Å²) in [7, 11) is 0.